The van der Waals surface area contributed by atoms with Crippen molar-refractivity contribution >= 4 is 24.0 Å². The van der Waals surface area contributed by atoms with Crippen LogP contribution in [-0.4, -0.2) is 11.7 Å². The normalized spacial score (nSPS) is 24.8. The summed E-state index contributed by atoms with van der Waals surface area (Å²) < 4.78 is 6.16. The molecule has 1 atom stereocenters. The van der Waals surface area contributed by atoms with Crippen LogP contribution in [0.2, 0.25) is 0 Å². The fraction of sp³-hybridized carbons (Fsp3) is 0.750. The van der Waals surface area contributed by atoms with E-state index in [9.17, 15) is 0 Å². The van der Waals surface area contributed by atoms with Crippen molar-refractivity contribution in [2.75, 3.05) is 0 Å². The van der Waals surface area contributed by atoms with Gasteiger partial charge in [-0.2, -0.15) is 0 Å². The monoisotopic (exact) mass is 362 g/mol. The zero-order chi connectivity index (χ0) is 12.5. The summed E-state index contributed by atoms with van der Waals surface area (Å²) in [6.07, 6.45) is 11.4. The second-order valence-corrected chi connectivity index (χ2v) is 6.14. The maximum atomic E-state index is 6.16. The Morgan fingerprint density at radius 3 is 2.44 bits per heavy atom. The Labute approximate surface area is 129 Å². The lowest BCUT2D eigenvalue weighted by Gasteiger charge is -2.34. The summed E-state index contributed by atoms with van der Waals surface area (Å²) in [5, 5.41) is 0. The molecule has 1 fully saturated rings. The summed E-state index contributed by atoms with van der Waals surface area (Å²) in [4.78, 5) is 0. The average Bonchev–Trinajstić information content (AvgIpc) is 2.19. The van der Waals surface area contributed by atoms with Gasteiger partial charge in [0, 0.05) is 0 Å². The Morgan fingerprint density at radius 2 is 2.00 bits per heavy atom. The molecule has 0 aromatic rings. The van der Waals surface area contributed by atoms with Crippen LogP contribution in [-0.2, 0) is 4.74 Å². The van der Waals surface area contributed by atoms with E-state index in [1.54, 1.807) is 5.57 Å². The topological polar surface area (TPSA) is 9.23 Å². The van der Waals surface area contributed by atoms with Gasteiger partial charge in [0.15, 0.2) is 0 Å². The molecule has 0 N–H and O–H groups in total. The molecule has 0 radical (unpaired) electrons. The van der Waals surface area contributed by atoms with Crippen LogP contribution in [0.15, 0.2) is 23.3 Å². The van der Waals surface area contributed by atoms with Crippen LogP contribution < -0.4 is 0 Å². The minimum absolute atomic E-state index is 0. The third kappa shape index (κ3) is 3.83. The number of rotatable bonds is 4. The zero-order valence-corrected chi connectivity index (χ0v) is 14.5. The Kier molecular flexibility index (Phi) is 5.91. The van der Waals surface area contributed by atoms with Gasteiger partial charge in [0.25, 0.3) is 0 Å². The second-order valence-electron chi connectivity index (χ2n) is 6.14. The molecule has 1 saturated carbocycles. The maximum Gasteiger partial charge on any atom is 0.0803 e. The average molecular weight is 362 g/mol. The summed E-state index contributed by atoms with van der Waals surface area (Å²) in [5.41, 5.74) is 3.06. The van der Waals surface area contributed by atoms with Gasteiger partial charge in [-0.15, -0.1) is 24.0 Å². The molecule has 0 saturated heterocycles. The number of halogens is 1. The fourth-order valence-corrected chi connectivity index (χ4v) is 2.63. The molecular formula is C16H27IO. The lowest BCUT2D eigenvalue weighted by atomic mass is 9.75. The largest absolute Gasteiger partial charge is 0.368 e. The SMILES string of the molecule is CCC(C)(C)OC1C=C(C)C(C2CCC2)=CC1.I. The molecule has 0 heterocycles. The molecule has 1 nitrogen and oxygen atoms in total. The Bertz CT molecular complexity index is 337. The summed E-state index contributed by atoms with van der Waals surface area (Å²) in [5.74, 6) is 0.853. The number of ether oxygens (including phenoxy) is 1. The Morgan fingerprint density at radius 1 is 1.33 bits per heavy atom. The first-order valence-electron chi connectivity index (χ1n) is 7.08. The van der Waals surface area contributed by atoms with Gasteiger partial charge in [0.2, 0.25) is 0 Å². The summed E-state index contributed by atoms with van der Waals surface area (Å²) in [6.45, 7) is 8.80. The highest BCUT2D eigenvalue weighted by molar-refractivity contribution is 14.0. The third-order valence-electron chi connectivity index (χ3n) is 4.33. The van der Waals surface area contributed by atoms with E-state index >= 15 is 0 Å². The van der Waals surface area contributed by atoms with Crippen molar-refractivity contribution in [3.63, 3.8) is 0 Å². The van der Waals surface area contributed by atoms with Crippen molar-refractivity contribution in [1.82, 2.24) is 0 Å². The van der Waals surface area contributed by atoms with Crippen LogP contribution in [0.3, 0.4) is 0 Å². The van der Waals surface area contributed by atoms with Crippen molar-refractivity contribution in [3.05, 3.63) is 23.3 Å². The molecule has 0 spiro atoms. The molecule has 2 aliphatic rings. The van der Waals surface area contributed by atoms with Gasteiger partial charge < -0.3 is 4.74 Å². The predicted octanol–water partition coefficient (Wildman–Crippen LogP) is 5.25. The van der Waals surface area contributed by atoms with Crippen molar-refractivity contribution in [2.24, 2.45) is 5.92 Å². The number of hydrogen-bond donors (Lipinski definition) is 0. The molecule has 1 unspecified atom stereocenters. The highest BCUT2D eigenvalue weighted by atomic mass is 127. The van der Waals surface area contributed by atoms with E-state index in [-0.39, 0.29) is 35.7 Å². The Hall–Kier alpha value is 0.170. The first-order valence-corrected chi connectivity index (χ1v) is 7.08. The molecular weight excluding hydrogens is 335 g/mol. The van der Waals surface area contributed by atoms with Crippen LogP contribution >= 0.6 is 24.0 Å². The van der Waals surface area contributed by atoms with E-state index in [2.05, 4.69) is 39.8 Å². The summed E-state index contributed by atoms with van der Waals surface area (Å²) in [6, 6.07) is 0. The molecule has 0 bridgehead atoms. The van der Waals surface area contributed by atoms with Gasteiger partial charge in [-0.25, -0.2) is 0 Å². The summed E-state index contributed by atoms with van der Waals surface area (Å²) in [7, 11) is 0. The van der Waals surface area contributed by atoms with Crippen LogP contribution in [0.5, 0.6) is 0 Å². The van der Waals surface area contributed by atoms with Gasteiger partial charge in [0.1, 0.15) is 0 Å². The van der Waals surface area contributed by atoms with Crippen molar-refractivity contribution in [1.29, 1.82) is 0 Å². The standard InChI is InChI=1S/C16H26O.HI/c1-5-16(3,4)17-14-9-10-15(12(2)11-14)13-7-6-8-13;/h10-11,13-14H,5-9H2,1-4H3;1H. The first kappa shape index (κ1) is 16.2. The van der Waals surface area contributed by atoms with E-state index < -0.39 is 0 Å². The van der Waals surface area contributed by atoms with Crippen LogP contribution in [0.4, 0.5) is 0 Å². The molecule has 0 aromatic carbocycles. The lowest BCUT2D eigenvalue weighted by Crippen LogP contribution is -2.30. The number of hydrogen-bond acceptors (Lipinski definition) is 1. The van der Waals surface area contributed by atoms with E-state index in [0.29, 0.717) is 0 Å². The van der Waals surface area contributed by atoms with Crippen LogP contribution in [0, 0.1) is 5.92 Å². The maximum absolute atomic E-state index is 6.16. The fourth-order valence-electron chi connectivity index (χ4n) is 2.63. The van der Waals surface area contributed by atoms with Crippen molar-refractivity contribution < 1.29 is 4.74 Å². The second kappa shape index (κ2) is 6.56. The molecule has 104 valence electrons. The van der Waals surface area contributed by atoms with Gasteiger partial charge >= 0.3 is 0 Å². The van der Waals surface area contributed by atoms with Gasteiger partial charge in [-0.3, -0.25) is 0 Å². The molecule has 2 aliphatic carbocycles. The molecule has 18 heavy (non-hydrogen) atoms. The first-order chi connectivity index (χ1) is 8.02. The molecule has 0 amide bonds. The van der Waals surface area contributed by atoms with Gasteiger partial charge in [-0.05, 0) is 63.5 Å². The minimum Gasteiger partial charge on any atom is -0.368 e. The quantitative estimate of drug-likeness (QED) is 0.621. The smallest absolute Gasteiger partial charge is 0.0803 e. The highest BCUT2D eigenvalue weighted by Gasteiger charge is 2.27. The van der Waals surface area contributed by atoms with Crippen LogP contribution in [0.25, 0.3) is 0 Å². The lowest BCUT2D eigenvalue weighted by molar-refractivity contribution is -0.0524. The number of allylic oxidation sites excluding steroid dienone is 2. The van der Waals surface area contributed by atoms with Crippen molar-refractivity contribution in [2.45, 2.75) is 71.5 Å². The highest BCUT2D eigenvalue weighted by Crippen LogP contribution is 2.39. The van der Waals surface area contributed by atoms with Gasteiger partial charge in [0.05, 0.1) is 11.7 Å². The third-order valence-corrected chi connectivity index (χ3v) is 4.33. The van der Waals surface area contributed by atoms with Gasteiger partial charge in [-0.1, -0.05) is 25.5 Å². The molecule has 2 heteroatoms. The summed E-state index contributed by atoms with van der Waals surface area (Å²) >= 11 is 0. The minimum atomic E-state index is 0. The Balaban J connectivity index is 0.00000162. The molecule has 0 aliphatic heterocycles. The zero-order valence-electron chi connectivity index (χ0n) is 12.2. The predicted molar refractivity (Wildman–Crippen MR) is 88.5 cm³/mol. The van der Waals surface area contributed by atoms with E-state index in [1.165, 1.54) is 24.8 Å². The van der Waals surface area contributed by atoms with Crippen molar-refractivity contribution in [3.8, 4) is 0 Å². The van der Waals surface area contributed by atoms with E-state index in [0.717, 1.165) is 18.8 Å². The molecule has 0 aromatic heterocycles. The van der Waals surface area contributed by atoms with Crippen LogP contribution in [0.1, 0.15) is 59.8 Å². The van der Waals surface area contributed by atoms with E-state index in [1.807, 2.05) is 0 Å². The molecule has 2 rings (SSSR count). The van der Waals surface area contributed by atoms with E-state index in [4.69, 9.17) is 4.74 Å².